The van der Waals surface area contributed by atoms with Crippen LogP contribution in [0.5, 0.6) is 0 Å². The minimum Gasteiger partial charge on any atom is -0.308 e. The van der Waals surface area contributed by atoms with Crippen molar-refractivity contribution in [3.8, 4) is 0 Å². The monoisotopic (exact) mass is 426 g/mol. The Morgan fingerprint density at radius 3 is 2.57 bits per heavy atom. The predicted molar refractivity (Wildman–Crippen MR) is 110 cm³/mol. The quantitative estimate of drug-likeness (QED) is 0.653. The average molecular weight is 427 g/mol. The molecule has 1 fully saturated rings. The van der Waals surface area contributed by atoms with Crippen LogP contribution < -0.4 is 16.0 Å². The van der Waals surface area contributed by atoms with Crippen molar-refractivity contribution in [3.05, 3.63) is 64.2 Å². The van der Waals surface area contributed by atoms with Gasteiger partial charge in [0.25, 0.3) is 5.91 Å². The second kappa shape index (κ2) is 8.25. The van der Waals surface area contributed by atoms with E-state index in [9.17, 15) is 19.2 Å². The fourth-order valence-corrected chi connectivity index (χ4v) is 3.90. The summed E-state index contributed by atoms with van der Waals surface area (Å²) in [6.07, 6.45) is 0.741. The number of nitrogens with zero attached hydrogens (tertiary/aromatic N) is 1. The molecule has 0 radical (unpaired) electrons. The molecule has 0 bridgehead atoms. The summed E-state index contributed by atoms with van der Waals surface area (Å²) in [5, 5.41) is 7.82. The third-order valence-corrected chi connectivity index (χ3v) is 5.48. The van der Waals surface area contributed by atoms with Crippen molar-refractivity contribution in [3.63, 3.8) is 0 Å². The molecule has 30 heavy (non-hydrogen) atoms. The van der Waals surface area contributed by atoms with Gasteiger partial charge in [0.15, 0.2) is 0 Å². The highest BCUT2D eigenvalue weighted by Crippen LogP contribution is 2.29. The average Bonchev–Trinajstić information content (AvgIpc) is 3.13. The SMILES string of the molecule is O=C1CCC(N2Cc3cccc(C(=O)NC(=O)Nc4ccc(Cl)cc4)c3C2)C(=O)N1. The number of anilines is 1. The molecule has 2 aliphatic rings. The second-order valence-corrected chi connectivity index (χ2v) is 7.67. The van der Waals surface area contributed by atoms with Crippen LogP contribution in [0.4, 0.5) is 10.5 Å². The molecule has 0 aliphatic carbocycles. The van der Waals surface area contributed by atoms with Crippen molar-refractivity contribution in [2.45, 2.75) is 32.0 Å². The van der Waals surface area contributed by atoms with Gasteiger partial charge in [0, 0.05) is 35.8 Å². The summed E-state index contributed by atoms with van der Waals surface area (Å²) in [5.41, 5.74) is 2.59. The van der Waals surface area contributed by atoms with Crippen LogP contribution in [0.25, 0.3) is 0 Å². The van der Waals surface area contributed by atoms with Crippen molar-refractivity contribution in [2.75, 3.05) is 5.32 Å². The van der Waals surface area contributed by atoms with Crippen LogP contribution in [-0.2, 0) is 22.7 Å². The molecule has 4 rings (SSSR count). The summed E-state index contributed by atoms with van der Waals surface area (Å²) in [6, 6.07) is 10.7. The molecule has 1 saturated heterocycles. The molecule has 5 amide bonds. The number of halogens is 1. The van der Waals surface area contributed by atoms with E-state index in [2.05, 4.69) is 16.0 Å². The molecule has 2 aromatic rings. The topological polar surface area (TPSA) is 108 Å². The Morgan fingerprint density at radius 1 is 1.07 bits per heavy atom. The summed E-state index contributed by atoms with van der Waals surface area (Å²) >= 11 is 5.82. The lowest BCUT2D eigenvalue weighted by Crippen LogP contribution is -2.50. The summed E-state index contributed by atoms with van der Waals surface area (Å²) in [7, 11) is 0. The maximum absolute atomic E-state index is 12.7. The first-order valence-electron chi connectivity index (χ1n) is 9.47. The van der Waals surface area contributed by atoms with Crippen LogP contribution in [0.1, 0.15) is 34.3 Å². The number of rotatable bonds is 3. The van der Waals surface area contributed by atoms with E-state index in [0.29, 0.717) is 42.2 Å². The third kappa shape index (κ3) is 4.19. The molecule has 2 heterocycles. The number of fused-ring (bicyclic) bond motifs is 1. The normalized spacial score (nSPS) is 18.5. The lowest BCUT2D eigenvalue weighted by molar-refractivity contribution is -0.137. The van der Waals surface area contributed by atoms with Gasteiger partial charge in [0.2, 0.25) is 11.8 Å². The molecule has 1 unspecified atom stereocenters. The number of carbonyl (C=O) groups excluding carboxylic acids is 4. The minimum absolute atomic E-state index is 0.264. The van der Waals surface area contributed by atoms with Crippen LogP contribution in [0.2, 0.25) is 5.02 Å². The molecule has 2 aromatic carbocycles. The molecular weight excluding hydrogens is 408 g/mol. The van der Waals surface area contributed by atoms with E-state index in [0.717, 1.165) is 11.1 Å². The number of amides is 5. The molecule has 3 N–H and O–H groups in total. The van der Waals surface area contributed by atoms with E-state index in [4.69, 9.17) is 11.6 Å². The van der Waals surface area contributed by atoms with Crippen LogP contribution in [-0.4, -0.2) is 34.7 Å². The Kier molecular flexibility index (Phi) is 5.52. The first-order valence-corrected chi connectivity index (χ1v) is 9.85. The zero-order chi connectivity index (χ0) is 21.3. The van der Waals surface area contributed by atoms with E-state index in [-0.39, 0.29) is 11.8 Å². The number of hydrogen-bond acceptors (Lipinski definition) is 5. The Bertz CT molecular complexity index is 1040. The second-order valence-electron chi connectivity index (χ2n) is 7.23. The Labute approximate surface area is 177 Å². The minimum atomic E-state index is -0.653. The van der Waals surface area contributed by atoms with Gasteiger partial charge in [-0.1, -0.05) is 23.7 Å². The van der Waals surface area contributed by atoms with Crippen LogP contribution >= 0.6 is 11.6 Å². The zero-order valence-electron chi connectivity index (χ0n) is 15.9. The number of imide groups is 2. The molecule has 0 spiro atoms. The lowest BCUT2D eigenvalue weighted by atomic mass is 10.0. The van der Waals surface area contributed by atoms with Crippen molar-refractivity contribution in [2.24, 2.45) is 0 Å². The fraction of sp³-hybridized carbons (Fsp3) is 0.238. The van der Waals surface area contributed by atoms with Gasteiger partial charge < -0.3 is 5.32 Å². The fourth-order valence-electron chi connectivity index (χ4n) is 3.78. The molecule has 0 saturated carbocycles. The standard InChI is InChI=1S/C21H19ClN4O4/c22-13-4-6-14(7-5-13)23-21(30)25-19(28)15-3-1-2-12-10-26(11-16(12)15)17-8-9-18(27)24-20(17)29/h1-7,17H,8-11H2,(H,24,27,29)(H2,23,25,28,30). The van der Waals surface area contributed by atoms with Crippen molar-refractivity contribution in [1.82, 2.24) is 15.5 Å². The maximum atomic E-state index is 12.7. The molecule has 9 heteroatoms. The zero-order valence-corrected chi connectivity index (χ0v) is 16.7. The van der Waals surface area contributed by atoms with Gasteiger partial charge in [-0.2, -0.15) is 0 Å². The molecule has 0 aromatic heterocycles. The highest BCUT2D eigenvalue weighted by atomic mass is 35.5. The Morgan fingerprint density at radius 2 is 1.83 bits per heavy atom. The summed E-state index contributed by atoms with van der Waals surface area (Å²) in [4.78, 5) is 50.4. The van der Waals surface area contributed by atoms with Crippen LogP contribution in [0.3, 0.4) is 0 Å². The number of hydrogen-bond donors (Lipinski definition) is 3. The van der Waals surface area contributed by atoms with Crippen LogP contribution in [0.15, 0.2) is 42.5 Å². The smallest absolute Gasteiger partial charge is 0.308 e. The molecule has 1 atom stereocenters. The number of benzene rings is 2. The van der Waals surface area contributed by atoms with Crippen molar-refractivity contribution in [1.29, 1.82) is 0 Å². The van der Waals surface area contributed by atoms with Gasteiger partial charge in [0.1, 0.15) is 0 Å². The first-order chi connectivity index (χ1) is 14.4. The first kappa shape index (κ1) is 20.1. The highest BCUT2D eigenvalue weighted by Gasteiger charge is 2.36. The molecule has 154 valence electrons. The van der Waals surface area contributed by atoms with Gasteiger partial charge in [-0.15, -0.1) is 0 Å². The Balaban J connectivity index is 1.44. The van der Waals surface area contributed by atoms with Crippen molar-refractivity contribution < 1.29 is 19.2 Å². The van der Waals surface area contributed by atoms with Gasteiger partial charge in [-0.3, -0.25) is 29.9 Å². The van der Waals surface area contributed by atoms with Gasteiger partial charge >= 0.3 is 6.03 Å². The number of urea groups is 1. The lowest BCUT2D eigenvalue weighted by Gasteiger charge is -2.29. The van der Waals surface area contributed by atoms with Gasteiger partial charge in [-0.05, 0) is 47.9 Å². The van der Waals surface area contributed by atoms with E-state index < -0.39 is 18.0 Å². The summed E-state index contributed by atoms with van der Waals surface area (Å²) < 4.78 is 0. The molecule has 2 aliphatic heterocycles. The Hall–Kier alpha value is -3.23. The molecule has 8 nitrogen and oxygen atoms in total. The maximum Gasteiger partial charge on any atom is 0.326 e. The summed E-state index contributed by atoms with van der Waals surface area (Å²) in [6.45, 7) is 0.893. The summed E-state index contributed by atoms with van der Waals surface area (Å²) in [5.74, 6) is -1.10. The van der Waals surface area contributed by atoms with E-state index in [1.165, 1.54) is 0 Å². The molecular formula is C21H19ClN4O4. The predicted octanol–water partition coefficient (Wildman–Crippen LogP) is 2.42. The number of carbonyl (C=O) groups is 4. The van der Waals surface area contributed by atoms with E-state index >= 15 is 0 Å². The van der Waals surface area contributed by atoms with E-state index in [1.54, 1.807) is 36.4 Å². The van der Waals surface area contributed by atoms with Crippen LogP contribution in [0, 0.1) is 0 Å². The van der Waals surface area contributed by atoms with E-state index in [1.807, 2.05) is 11.0 Å². The third-order valence-electron chi connectivity index (χ3n) is 5.23. The van der Waals surface area contributed by atoms with Gasteiger partial charge in [0.05, 0.1) is 6.04 Å². The number of nitrogens with one attached hydrogen (secondary N) is 3. The van der Waals surface area contributed by atoms with Gasteiger partial charge in [-0.25, -0.2) is 4.79 Å². The largest absolute Gasteiger partial charge is 0.326 e. The number of piperidine rings is 1. The highest BCUT2D eigenvalue weighted by molar-refractivity contribution is 6.30. The van der Waals surface area contributed by atoms with Crippen molar-refractivity contribution >= 4 is 41.0 Å².